The van der Waals surface area contributed by atoms with Crippen LogP contribution in [0.1, 0.15) is 5.56 Å². The maximum absolute atomic E-state index is 13.7. The van der Waals surface area contributed by atoms with E-state index in [4.69, 9.17) is 16.3 Å². The van der Waals surface area contributed by atoms with Gasteiger partial charge in [0.1, 0.15) is 10.9 Å². The van der Waals surface area contributed by atoms with E-state index in [-0.39, 0.29) is 17.3 Å². The molecule has 0 bridgehead atoms. The minimum atomic E-state index is -0.536. The van der Waals surface area contributed by atoms with Crippen LogP contribution < -0.4 is 4.74 Å². The molecule has 6 heteroatoms. The highest BCUT2D eigenvalue weighted by molar-refractivity contribution is 6.29. The van der Waals surface area contributed by atoms with Crippen LogP contribution in [0.5, 0.6) is 11.5 Å². The zero-order chi connectivity index (χ0) is 14.5. The molecule has 4 nitrogen and oxygen atoms in total. The Bertz CT molecular complexity index is 634. The van der Waals surface area contributed by atoms with Crippen LogP contribution >= 0.6 is 11.6 Å². The van der Waals surface area contributed by atoms with Crippen LogP contribution in [-0.4, -0.2) is 18.1 Å². The van der Waals surface area contributed by atoms with Gasteiger partial charge in [-0.15, -0.1) is 0 Å². The van der Waals surface area contributed by atoms with Crippen LogP contribution in [0.4, 0.5) is 4.39 Å². The van der Waals surface area contributed by atoms with Gasteiger partial charge >= 0.3 is 5.97 Å². The lowest BCUT2D eigenvalue weighted by molar-refractivity contribution is -0.139. The third kappa shape index (κ3) is 3.68. The predicted octanol–water partition coefficient (Wildman–Crippen LogP) is 3.38. The molecule has 0 N–H and O–H groups in total. The van der Waals surface area contributed by atoms with Gasteiger partial charge in [-0.25, -0.2) is 9.37 Å². The topological polar surface area (TPSA) is 48.4 Å². The Kier molecular flexibility index (Phi) is 4.53. The fourth-order valence-electron chi connectivity index (χ4n) is 1.55. The first-order chi connectivity index (χ1) is 9.58. The highest BCUT2D eigenvalue weighted by Crippen LogP contribution is 2.26. The number of hydrogen-bond donors (Lipinski definition) is 0. The van der Waals surface area contributed by atoms with Gasteiger partial charge in [0.15, 0.2) is 11.6 Å². The van der Waals surface area contributed by atoms with Crippen molar-refractivity contribution in [3.05, 3.63) is 53.1 Å². The third-order valence-electron chi connectivity index (χ3n) is 2.50. The molecule has 0 unspecified atom stereocenters. The fourth-order valence-corrected chi connectivity index (χ4v) is 1.71. The molecule has 0 fully saturated rings. The third-order valence-corrected chi connectivity index (χ3v) is 2.70. The second kappa shape index (κ2) is 6.34. The van der Waals surface area contributed by atoms with Crippen molar-refractivity contribution >= 4 is 17.6 Å². The number of pyridine rings is 1. The molecule has 0 saturated carbocycles. The maximum Gasteiger partial charge on any atom is 0.309 e. The van der Waals surface area contributed by atoms with Gasteiger partial charge in [0, 0.05) is 12.3 Å². The standard InChI is InChI=1S/C14H11ClFNO3/c1-19-14(18)7-9-2-3-11(16)12(6-9)20-10-4-5-17-13(15)8-10/h2-6,8H,7H2,1H3. The summed E-state index contributed by atoms with van der Waals surface area (Å²) in [5, 5.41) is 0.244. The van der Waals surface area contributed by atoms with E-state index in [1.807, 2.05) is 0 Å². The van der Waals surface area contributed by atoms with E-state index in [9.17, 15) is 9.18 Å². The molecule has 1 aromatic heterocycles. The number of benzene rings is 1. The van der Waals surface area contributed by atoms with Crippen LogP contribution in [0, 0.1) is 5.82 Å². The van der Waals surface area contributed by atoms with Gasteiger partial charge in [-0.05, 0) is 23.8 Å². The summed E-state index contributed by atoms with van der Waals surface area (Å²) in [6.07, 6.45) is 1.50. The lowest BCUT2D eigenvalue weighted by atomic mass is 10.1. The Morgan fingerprint density at radius 3 is 2.85 bits per heavy atom. The minimum absolute atomic E-state index is 0.00803. The first kappa shape index (κ1) is 14.3. The summed E-state index contributed by atoms with van der Waals surface area (Å²) in [5.74, 6) is -0.575. The smallest absolute Gasteiger partial charge is 0.309 e. The second-order valence-electron chi connectivity index (χ2n) is 3.93. The molecule has 1 heterocycles. The average Bonchev–Trinajstić information content (AvgIpc) is 2.42. The number of carbonyl (C=O) groups is 1. The summed E-state index contributed by atoms with van der Waals surface area (Å²) in [6.45, 7) is 0. The molecule has 104 valence electrons. The van der Waals surface area contributed by atoms with Gasteiger partial charge in [0.2, 0.25) is 0 Å². The number of methoxy groups -OCH3 is 1. The normalized spacial score (nSPS) is 10.2. The lowest BCUT2D eigenvalue weighted by Crippen LogP contribution is -2.04. The van der Waals surface area contributed by atoms with Gasteiger partial charge in [0.25, 0.3) is 0 Å². The zero-order valence-electron chi connectivity index (χ0n) is 10.6. The van der Waals surface area contributed by atoms with E-state index in [1.165, 1.54) is 37.6 Å². The molecule has 1 aromatic carbocycles. The molecule has 20 heavy (non-hydrogen) atoms. The Morgan fingerprint density at radius 1 is 1.35 bits per heavy atom. The summed E-state index contributed by atoms with van der Waals surface area (Å²) in [6, 6.07) is 7.20. The molecule has 0 aliphatic rings. The largest absolute Gasteiger partial charge is 0.469 e. The van der Waals surface area contributed by atoms with Crippen molar-refractivity contribution in [2.24, 2.45) is 0 Å². The molecular weight excluding hydrogens is 285 g/mol. The summed E-state index contributed by atoms with van der Waals surface area (Å²) >= 11 is 5.72. The van der Waals surface area contributed by atoms with Crippen LogP contribution in [-0.2, 0) is 16.0 Å². The summed E-state index contributed by atoms with van der Waals surface area (Å²) < 4.78 is 23.6. The molecule has 2 aromatic rings. The molecule has 0 aliphatic heterocycles. The van der Waals surface area contributed by atoms with Crippen LogP contribution in [0.2, 0.25) is 5.15 Å². The van der Waals surface area contributed by atoms with Gasteiger partial charge in [-0.2, -0.15) is 0 Å². The van der Waals surface area contributed by atoms with E-state index in [0.29, 0.717) is 11.3 Å². The summed E-state index contributed by atoms with van der Waals surface area (Å²) in [4.78, 5) is 15.0. The molecule has 0 spiro atoms. The van der Waals surface area contributed by atoms with Crippen molar-refractivity contribution in [2.45, 2.75) is 6.42 Å². The maximum atomic E-state index is 13.7. The summed E-state index contributed by atoms with van der Waals surface area (Å²) in [7, 11) is 1.29. The van der Waals surface area contributed by atoms with E-state index in [1.54, 1.807) is 6.07 Å². The average molecular weight is 296 g/mol. The highest BCUT2D eigenvalue weighted by Gasteiger charge is 2.09. The predicted molar refractivity (Wildman–Crippen MR) is 71.4 cm³/mol. The molecule has 0 aliphatic carbocycles. The van der Waals surface area contributed by atoms with E-state index in [2.05, 4.69) is 9.72 Å². The van der Waals surface area contributed by atoms with Gasteiger partial charge in [0.05, 0.1) is 13.5 Å². The first-order valence-corrected chi connectivity index (χ1v) is 6.11. The quantitative estimate of drug-likeness (QED) is 0.641. The number of nitrogens with zero attached hydrogens (tertiary/aromatic N) is 1. The van der Waals surface area contributed by atoms with Crippen molar-refractivity contribution in [1.82, 2.24) is 4.98 Å². The number of carbonyl (C=O) groups excluding carboxylic acids is 1. The van der Waals surface area contributed by atoms with Crippen LogP contribution in [0.3, 0.4) is 0 Å². The Labute approximate surface area is 120 Å². The van der Waals surface area contributed by atoms with Crippen molar-refractivity contribution < 1.29 is 18.7 Å². The van der Waals surface area contributed by atoms with E-state index in [0.717, 1.165) is 0 Å². The molecule has 0 amide bonds. The number of halogens is 2. The Hall–Kier alpha value is -2.14. The number of hydrogen-bond acceptors (Lipinski definition) is 4. The van der Waals surface area contributed by atoms with E-state index < -0.39 is 11.8 Å². The summed E-state index contributed by atoms with van der Waals surface area (Å²) in [5.41, 5.74) is 0.591. The number of aromatic nitrogens is 1. The fraction of sp³-hybridized carbons (Fsp3) is 0.143. The van der Waals surface area contributed by atoms with E-state index >= 15 is 0 Å². The molecule has 0 saturated heterocycles. The van der Waals surface area contributed by atoms with Gasteiger partial charge in [-0.3, -0.25) is 4.79 Å². The second-order valence-corrected chi connectivity index (χ2v) is 4.32. The number of esters is 1. The van der Waals surface area contributed by atoms with Crippen molar-refractivity contribution in [1.29, 1.82) is 0 Å². The van der Waals surface area contributed by atoms with Gasteiger partial charge < -0.3 is 9.47 Å². The molecule has 0 atom stereocenters. The van der Waals surface area contributed by atoms with Crippen molar-refractivity contribution in [3.8, 4) is 11.5 Å². The minimum Gasteiger partial charge on any atom is -0.469 e. The van der Waals surface area contributed by atoms with Crippen LogP contribution in [0.25, 0.3) is 0 Å². The molecular formula is C14H11ClFNO3. The van der Waals surface area contributed by atoms with Crippen molar-refractivity contribution in [3.63, 3.8) is 0 Å². The number of ether oxygens (including phenoxy) is 2. The lowest BCUT2D eigenvalue weighted by Gasteiger charge is -2.08. The molecule has 2 rings (SSSR count). The Morgan fingerprint density at radius 2 is 2.15 bits per heavy atom. The van der Waals surface area contributed by atoms with Gasteiger partial charge in [-0.1, -0.05) is 17.7 Å². The monoisotopic (exact) mass is 295 g/mol. The Balaban J connectivity index is 2.22. The molecule has 0 radical (unpaired) electrons. The number of rotatable bonds is 4. The highest BCUT2D eigenvalue weighted by atomic mass is 35.5. The SMILES string of the molecule is COC(=O)Cc1ccc(F)c(Oc2ccnc(Cl)c2)c1. The van der Waals surface area contributed by atoms with Crippen molar-refractivity contribution in [2.75, 3.05) is 7.11 Å². The van der Waals surface area contributed by atoms with Crippen LogP contribution in [0.15, 0.2) is 36.5 Å². The zero-order valence-corrected chi connectivity index (χ0v) is 11.4. The first-order valence-electron chi connectivity index (χ1n) is 5.73.